The number of aliphatic hydroxyl groups is 1. The highest BCUT2D eigenvalue weighted by Crippen LogP contribution is 2.24. The highest BCUT2D eigenvalue weighted by atomic mass is 79.9. The molecule has 0 aromatic carbocycles. The number of alkyl halides is 3. The highest BCUT2D eigenvalue weighted by molar-refractivity contribution is 9.08. The third-order valence-corrected chi connectivity index (χ3v) is 2.30. The van der Waals surface area contributed by atoms with E-state index >= 15 is 0 Å². The maximum atomic E-state index is 12.3. The molecule has 1 aromatic rings. The normalized spacial score (nSPS) is 10.9. The number of nitrogen functional groups attached to an aromatic ring is 1. The summed E-state index contributed by atoms with van der Waals surface area (Å²) in [6.07, 6.45) is -2.65. The fourth-order valence-electron chi connectivity index (χ4n) is 1.07. The van der Waals surface area contributed by atoms with E-state index in [1.54, 1.807) is 0 Å². The van der Waals surface area contributed by atoms with Crippen LogP contribution in [-0.2, 0) is 11.9 Å². The van der Waals surface area contributed by atoms with Crippen LogP contribution < -0.4 is 5.73 Å². The minimum Gasteiger partial charge on any atom is -0.398 e. The largest absolute Gasteiger partial charge is 0.398 e. The van der Waals surface area contributed by atoms with Gasteiger partial charge >= 0.3 is 0 Å². The van der Waals surface area contributed by atoms with E-state index in [4.69, 9.17) is 10.8 Å². The average molecular weight is 267 g/mol. The van der Waals surface area contributed by atoms with Gasteiger partial charge in [0.05, 0.1) is 12.3 Å². The molecule has 0 aliphatic heterocycles. The topological polar surface area (TPSA) is 59.1 Å². The van der Waals surface area contributed by atoms with E-state index in [0.29, 0.717) is 11.3 Å². The zero-order valence-electron chi connectivity index (χ0n) is 7.17. The highest BCUT2D eigenvalue weighted by Gasteiger charge is 2.14. The zero-order valence-corrected chi connectivity index (χ0v) is 8.76. The first kappa shape index (κ1) is 11.3. The molecule has 0 fully saturated rings. The van der Waals surface area contributed by atoms with Crippen molar-refractivity contribution < 1.29 is 13.9 Å². The number of aromatic nitrogens is 1. The van der Waals surface area contributed by atoms with Crippen molar-refractivity contribution in [2.24, 2.45) is 0 Å². The van der Waals surface area contributed by atoms with Gasteiger partial charge in [-0.3, -0.25) is 4.98 Å². The molecule has 1 heterocycles. The van der Waals surface area contributed by atoms with Gasteiger partial charge in [0.25, 0.3) is 6.43 Å². The van der Waals surface area contributed by atoms with Crippen LogP contribution in [0.4, 0.5) is 14.5 Å². The summed E-state index contributed by atoms with van der Waals surface area (Å²) < 4.78 is 24.6. The van der Waals surface area contributed by atoms with E-state index in [1.165, 1.54) is 0 Å². The van der Waals surface area contributed by atoms with Crippen LogP contribution in [0.25, 0.3) is 0 Å². The first-order valence-corrected chi connectivity index (χ1v) is 4.95. The predicted molar refractivity (Wildman–Crippen MR) is 52.2 cm³/mol. The van der Waals surface area contributed by atoms with Crippen molar-refractivity contribution in [3.8, 4) is 0 Å². The van der Waals surface area contributed by atoms with Gasteiger partial charge in [0.1, 0.15) is 5.69 Å². The Hall–Kier alpha value is -0.750. The van der Waals surface area contributed by atoms with Crippen LogP contribution in [0.3, 0.4) is 0 Å². The molecule has 78 valence electrons. The van der Waals surface area contributed by atoms with Gasteiger partial charge in [0, 0.05) is 16.6 Å². The molecule has 6 heteroatoms. The number of halogens is 3. The third kappa shape index (κ3) is 2.19. The van der Waals surface area contributed by atoms with E-state index in [0.717, 1.165) is 6.07 Å². The molecule has 1 aromatic heterocycles. The molecule has 0 aliphatic carbocycles. The molecule has 0 saturated carbocycles. The third-order valence-electron chi connectivity index (χ3n) is 1.77. The molecule has 0 amide bonds. The molecular formula is C8H9BrF2N2O. The number of hydrogen-bond donors (Lipinski definition) is 2. The van der Waals surface area contributed by atoms with Gasteiger partial charge in [-0.05, 0) is 6.07 Å². The van der Waals surface area contributed by atoms with E-state index < -0.39 is 6.43 Å². The molecule has 0 saturated heterocycles. The number of rotatable bonds is 3. The fraction of sp³-hybridized carbons (Fsp3) is 0.375. The first-order valence-electron chi connectivity index (χ1n) is 3.83. The van der Waals surface area contributed by atoms with Crippen molar-refractivity contribution in [1.82, 2.24) is 4.98 Å². The molecule has 0 radical (unpaired) electrons. The lowest BCUT2D eigenvalue weighted by Crippen LogP contribution is -2.05. The van der Waals surface area contributed by atoms with E-state index in [-0.39, 0.29) is 23.3 Å². The van der Waals surface area contributed by atoms with Crippen LogP contribution in [0.1, 0.15) is 23.4 Å². The Morgan fingerprint density at radius 1 is 1.57 bits per heavy atom. The first-order chi connectivity index (χ1) is 6.60. The Morgan fingerprint density at radius 3 is 2.64 bits per heavy atom. The lowest BCUT2D eigenvalue weighted by atomic mass is 10.1. The van der Waals surface area contributed by atoms with Crippen molar-refractivity contribution in [2.45, 2.75) is 18.4 Å². The Morgan fingerprint density at radius 2 is 2.21 bits per heavy atom. The molecule has 3 N–H and O–H groups in total. The standard InChI is InChI=1S/C8H9BrF2N2O/c9-2-7-4(3-14)5(12)1-6(13-7)8(10)11/h1,8,14H,2-3H2,(H2,12,13). The summed E-state index contributed by atoms with van der Waals surface area (Å²) in [5, 5.41) is 9.22. The Bertz CT molecular complexity index is 333. The SMILES string of the molecule is Nc1cc(C(F)F)nc(CBr)c1CO. The van der Waals surface area contributed by atoms with Crippen molar-refractivity contribution in [3.05, 3.63) is 23.0 Å². The van der Waals surface area contributed by atoms with Gasteiger partial charge < -0.3 is 10.8 Å². The molecule has 0 atom stereocenters. The average Bonchev–Trinajstić information content (AvgIpc) is 2.16. The van der Waals surface area contributed by atoms with Crippen LogP contribution in [0, 0.1) is 0 Å². The maximum absolute atomic E-state index is 12.3. The minimum absolute atomic E-state index is 0.146. The van der Waals surface area contributed by atoms with E-state index in [1.807, 2.05) is 0 Å². The number of pyridine rings is 1. The summed E-state index contributed by atoms with van der Waals surface area (Å²) >= 11 is 3.09. The van der Waals surface area contributed by atoms with Gasteiger partial charge in [-0.1, -0.05) is 15.9 Å². The van der Waals surface area contributed by atoms with Crippen LogP contribution >= 0.6 is 15.9 Å². The fourth-order valence-corrected chi connectivity index (χ4v) is 1.54. The lowest BCUT2D eigenvalue weighted by Gasteiger charge is -2.09. The van der Waals surface area contributed by atoms with Crippen molar-refractivity contribution in [3.63, 3.8) is 0 Å². The molecule has 14 heavy (non-hydrogen) atoms. The molecule has 0 unspecified atom stereocenters. The van der Waals surface area contributed by atoms with Crippen LogP contribution in [0.5, 0.6) is 0 Å². The van der Waals surface area contributed by atoms with Gasteiger partial charge in [0.15, 0.2) is 0 Å². The molecule has 0 spiro atoms. The summed E-state index contributed by atoms with van der Waals surface area (Å²) in [5.74, 6) is 0. The smallest absolute Gasteiger partial charge is 0.280 e. The summed E-state index contributed by atoms with van der Waals surface area (Å²) in [5.41, 5.74) is 6.02. The van der Waals surface area contributed by atoms with Crippen molar-refractivity contribution in [1.29, 1.82) is 0 Å². The predicted octanol–water partition coefficient (Wildman–Crippen LogP) is 1.99. The van der Waals surface area contributed by atoms with Crippen molar-refractivity contribution in [2.75, 3.05) is 5.73 Å². The van der Waals surface area contributed by atoms with Gasteiger partial charge in [0.2, 0.25) is 0 Å². The molecule has 3 nitrogen and oxygen atoms in total. The Kier molecular flexibility index (Phi) is 3.77. The zero-order chi connectivity index (χ0) is 10.7. The lowest BCUT2D eigenvalue weighted by molar-refractivity contribution is 0.145. The van der Waals surface area contributed by atoms with Crippen LogP contribution in [-0.4, -0.2) is 10.1 Å². The Balaban J connectivity index is 3.24. The number of anilines is 1. The second-order valence-electron chi connectivity index (χ2n) is 2.65. The van der Waals surface area contributed by atoms with Crippen molar-refractivity contribution >= 4 is 21.6 Å². The second kappa shape index (κ2) is 4.65. The summed E-state index contributed by atoms with van der Waals surface area (Å²) in [6, 6.07) is 1.09. The van der Waals surface area contributed by atoms with Gasteiger partial charge in [-0.15, -0.1) is 0 Å². The number of nitrogens with zero attached hydrogens (tertiary/aromatic N) is 1. The molecule has 1 rings (SSSR count). The quantitative estimate of drug-likeness (QED) is 0.823. The maximum Gasteiger partial charge on any atom is 0.280 e. The number of nitrogens with two attached hydrogens (primary N) is 1. The molecule has 0 aliphatic rings. The summed E-state index contributed by atoms with van der Waals surface area (Å²) in [6.45, 7) is -0.302. The monoisotopic (exact) mass is 266 g/mol. The number of hydrogen-bond acceptors (Lipinski definition) is 3. The summed E-state index contributed by atoms with van der Waals surface area (Å²) in [4.78, 5) is 3.69. The Labute approximate surface area is 88.1 Å². The molecule has 0 bridgehead atoms. The van der Waals surface area contributed by atoms with Gasteiger partial charge in [-0.2, -0.15) is 0 Å². The number of aliphatic hydroxyl groups excluding tert-OH is 1. The minimum atomic E-state index is -2.65. The van der Waals surface area contributed by atoms with Crippen LogP contribution in [0.15, 0.2) is 6.07 Å². The second-order valence-corrected chi connectivity index (χ2v) is 3.21. The van der Waals surface area contributed by atoms with Gasteiger partial charge in [-0.25, -0.2) is 8.78 Å². The van der Waals surface area contributed by atoms with E-state index in [9.17, 15) is 8.78 Å². The summed E-state index contributed by atoms with van der Waals surface area (Å²) in [7, 11) is 0. The van der Waals surface area contributed by atoms with E-state index in [2.05, 4.69) is 20.9 Å². The van der Waals surface area contributed by atoms with Crippen LogP contribution in [0.2, 0.25) is 0 Å². The molecular weight excluding hydrogens is 258 g/mol.